The molecule has 0 bridgehead atoms. The van der Waals surface area contributed by atoms with Gasteiger partial charge >= 0.3 is 0 Å². The van der Waals surface area contributed by atoms with E-state index >= 15 is 0 Å². The molecular weight excluding hydrogens is 212 g/mol. The van der Waals surface area contributed by atoms with Crippen molar-refractivity contribution in [2.24, 2.45) is 0 Å². The van der Waals surface area contributed by atoms with Crippen LogP contribution in [0.15, 0.2) is 18.2 Å². The lowest BCUT2D eigenvalue weighted by Crippen LogP contribution is -2.23. The smallest absolute Gasteiger partial charge is 0.227 e. The van der Waals surface area contributed by atoms with Crippen LogP contribution in [0.2, 0.25) is 0 Å². The van der Waals surface area contributed by atoms with E-state index < -0.39 is 0 Å². The van der Waals surface area contributed by atoms with Gasteiger partial charge in [-0.05, 0) is 55.6 Å². The fourth-order valence-electron chi connectivity index (χ4n) is 2.75. The fourth-order valence-corrected chi connectivity index (χ4v) is 2.75. The average Bonchev–Trinajstić information content (AvgIpc) is 2.64. The number of hydrogen-bond acceptors (Lipinski definition) is 2. The molecule has 3 heteroatoms. The molecule has 90 valence electrons. The molecule has 0 radical (unpaired) electrons. The number of hydrogen-bond donors (Lipinski definition) is 1. The molecule has 1 saturated heterocycles. The second-order valence-electron chi connectivity index (χ2n) is 4.85. The number of amides is 1. The van der Waals surface area contributed by atoms with E-state index in [1.165, 1.54) is 11.1 Å². The van der Waals surface area contributed by atoms with E-state index in [2.05, 4.69) is 23.5 Å². The van der Waals surface area contributed by atoms with Gasteiger partial charge in [0.15, 0.2) is 0 Å². The molecule has 0 atom stereocenters. The molecule has 2 heterocycles. The predicted molar refractivity (Wildman–Crippen MR) is 68.3 cm³/mol. The maximum absolute atomic E-state index is 11.7. The second-order valence-corrected chi connectivity index (χ2v) is 4.85. The van der Waals surface area contributed by atoms with Crippen LogP contribution in [0, 0.1) is 0 Å². The summed E-state index contributed by atoms with van der Waals surface area (Å²) in [5.74, 6) is 0.275. The third kappa shape index (κ3) is 2.07. The Morgan fingerprint density at radius 1 is 1.06 bits per heavy atom. The van der Waals surface area contributed by atoms with E-state index in [0.29, 0.717) is 6.42 Å². The molecule has 2 aliphatic heterocycles. The van der Waals surface area contributed by atoms with E-state index in [9.17, 15) is 4.79 Å². The number of benzene rings is 1. The van der Waals surface area contributed by atoms with Crippen molar-refractivity contribution >= 4 is 11.6 Å². The van der Waals surface area contributed by atoms with Gasteiger partial charge < -0.3 is 10.2 Å². The largest absolute Gasteiger partial charge is 0.316 e. The van der Waals surface area contributed by atoms with Crippen molar-refractivity contribution in [1.29, 1.82) is 0 Å². The second kappa shape index (κ2) is 4.49. The summed E-state index contributed by atoms with van der Waals surface area (Å²) in [6.45, 7) is 3.00. The molecule has 1 amide bonds. The van der Waals surface area contributed by atoms with Crippen LogP contribution in [0.4, 0.5) is 5.69 Å². The minimum atomic E-state index is 0.275. The highest BCUT2D eigenvalue weighted by Gasteiger charge is 2.22. The van der Waals surface area contributed by atoms with Crippen molar-refractivity contribution in [1.82, 2.24) is 5.32 Å². The van der Waals surface area contributed by atoms with Crippen molar-refractivity contribution in [2.45, 2.75) is 25.7 Å². The summed E-state index contributed by atoms with van der Waals surface area (Å²) in [5.41, 5.74) is 3.94. The van der Waals surface area contributed by atoms with Crippen LogP contribution < -0.4 is 10.2 Å². The molecule has 1 aromatic carbocycles. The zero-order chi connectivity index (χ0) is 11.7. The zero-order valence-electron chi connectivity index (χ0n) is 10.0. The first-order valence-electron chi connectivity index (χ1n) is 6.47. The van der Waals surface area contributed by atoms with Crippen LogP contribution in [-0.2, 0) is 17.6 Å². The summed E-state index contributed by atoms with van der Waals surface area (Å²) in [5, 5.41) is 3.41. The van der Waals surface area contributed by atoms with Gasteiger partial charge in [-0.25, -0.2) is 0 Å². The molecule has 0 aromatic heterocycles. The average molecular weight is 230 g/mol. The normalized spacial score (nSPS) is 20.2. The molecule has 3 nitrogen and oxygen atoms in total. The molecule has 0 saturated carbocycles. The lowest BCUT2D eigenvalue weighted by atomic mass is 10.0. The van der Waals surface area contributed by atoms with Crippen molar-refractivity contribution in [2.75, 3.05) is 24.5 Å². The van der Waals surface area contributed by atoms with E-state index in [1.807, 2.05) is 4.90 Å². The van der Waals surface area contributed by atoms with Gasteiger partial charge in [0.1, 0.15) is 0 Å². The molecule has 1 N–H and O–H groups in total. The van der Waals surface area contributed by atoms with Gasteiger partial charge in [0.25, 0.3) is 0 Å². The molecule has 0 unspecified atom stereocenters. The summed E-state index contributed by atoms with van der Waals surface area (Å²) in [6.07, 6.45) is 3.88. The Labute approximate surface area is 102 Å². The number of anilines is 1. The Kier molecular flexibility index (Phi) is 2.85. The number of nitrogens with one attached hydrogen (secondary N) is 1. The third-order valence-electron chi connectivity index (χ3n) is 3.72. The molecule has 1 fully saturated rings. The first-order valence-corrected chi connectivity index (χ1v) is 6.47. The lowest BCUT2D eigenvalue weighted by molar-refractivity contribution is -0.117. The van der Waals surface area contributed by atoms with Crippen LogP contribution in [0.3, 0.4) is 0 Å². The Morgan fingerprint density at radius 2 is 1.88 bits per heavy atom. The molecule has 0 aliphatic carbocycles. The molecule has 2 aliphatic rings. The monoisotopic (exact) mass is 230 g/mol. The maximum atomic E-state index is 11.7. The summed E-state index contributed by atoms with van der Waals surface area (Å²) in [6, 6.07) is 6.52. The van der Waals surface area contributed by atoms with Gasteiger partial charge in [0.05, 0.1) is 0 Å². The van der Waals surface area contributed by atoms with Crippen LogP contribution in [0.1, 0.15) is 24.0 Å². The summed E-state index contributed by atoms with van der Waals surface area (Å²) < 4.78 is 0. The predicted octanol–water partition coefficient (Wildman–Crippen LogP) is 1.50. The van der Waals surface area contributed by atoms with E-state index in [1.54, 1.807) is 0 Å². The number of carbonyl (C=O) groups excluding carboxylic acids is 1. The Balaban J connectivity index is 1.91. The summed E-state index contributed by atoms with van der Waals surface area (Å²) >= 11 is 0. The molecule has 1 aromatic rings. The highest BCUT2D eigenvalue weighted by atomic mass is 16.2. The summed E-state index contributed by atoms with van der Waals surface area (Å²) in [7, 11) is 0. The van der Waals surface area contributed by atoms with E-state index in [0.717, 1.165) is 44.6 Å². The Bertz CT molecular complexity index is 442. The molecule has 17 heavy (non-hydrogen) atoms. The van der Waals surface area contributed by atoms with Crippen molar-refractivity contribution in [3.05, 3.63) is 29.3 Å². The van der Waals surface area contributed by atoms with E-state index in [-0.39, 0.29) is 5.91 Å². The SMILES string of the molecule is O=C1CCCN1c1ccc2c(c1)CCNCC2. The zero-order valence-corrected chi connectivity index (χ0v) is 10.0. The highest BCUT2D eigenvalue weighted by molar-refractivity contribution is 5.95. The molecule has 3 rings (SSSR count). The highest BCUT2D eigenvalue weighted by Crippen LogP contribution is 2.25. The Hall–Kier alpha value is -1.35. The Morgan fingerprint density at radius 3 is 2.65 bits per heavy atom. The van der Waals surface area contributed by atoms with Crippen LogP contribution in [0.5, 0.6) is 0 Å². The third-order valence-corrected chi connectivity index (χ3v) is 3.72. The first-order chi connectivity index (χ1) is 8.34. The van der Waals surface area contributed by atoms with Gasteiger partial charge in [-0.2, -0.15) is 0 Å². The van der Waals surface area contributed by atoms with Crippen LogP contribution in [0.25, 0.3) is 0 Å². The number of nitrogens with zero attached hydrogens (tertiary/aromatic N) is 1. The van der Waals surface area contributed by atoms with Crippen molar-refractivity contribution in [3.63, 3.8) is 0 Å². The van der Waals surface area contributed by atoms with Crippen molar-refractivity contribution in [3.8, 4) is 0 Å². The topological polar surface area (TPSA) is 32.3 Å². The molecular formula is C14H18N2O. The van der Waals surface area contributed by atoms with Gasteiger partial charge in [-0.15, -0.1) is 0 Å². The van der Waals surface area contributed by atoms with Gasteiger partial charge in [0.2, 0.25) is 5.91 Å². The van der Waals surface area contributed by atoms with Gasteiger partial charge in [-0.1, -0.05) is 6.07 Å². The number of carbonyl (C=O) groups is 1. The van der Waals surface area contributed by atoms with E-state index in [4.69, 9.17) is 0 Å². The molecule has 0 spiro atoms. The number of rotatable bonds is 1. The van der Waals surface area contributed by atoms with Crippen LogP contribution in [-0.4, -0.2) is 25.5 Å². The van der Waals surface area contributed by atoms with Crippen molar-refractivity contribution < 1.29 is 4.79 Å². The standard InChI is InChI=1S/C14H18N2O/c17-14-2-1-9-16(14)13-4-3-11-5-7-15-8-6-12(11)10-13/h3-4,10,15H,1-2,5-9H2. The maximum Gasteiger partial charge on any atom is 0.227 e. The lowest BCUT2D eigenvalue weighted by Gasteiger charge is -2.17. The minimum Gasteiger partial charge on any atom is -0.316 e. The van der Waals surface area contributed by atoms with Crippen LogP contribution >= 0.6 is 0 Å². The number of fused-ring (bicyclic) bond motifs is 1. The minimum absolute atomic E-state index is 0.275. The van der Waals surface area contributed by atoms with Gasteiger partial charge in [-0.3, -0.25) is 4.79 Å². The fraction of sp³-hybridized carbons (Fsp3) is 0.500. The summed E-state index contributed by atoms with van der Waals surface area (Å²) in [4.78, 5) is 13.7. The van der Waals surface area contributed by atoms with Gasteiger partial charge in [0, 0.05) is 18.7 Å². The quantitative estimate of drug-likeness (QED) is 0.793. The first kappa shape index (κ1) is 10.8.